The maximum absolute atomic E-state index is 12.4. The average molecular weight is 402 g/mol. The van der Waals surface area contributed by atoms with E-state index in [-0.39, 0.29) is 10.8 Å². The van der Waals surface area contributed by atoms with Crippen LogP contribution in [0.1, 0.15) is 0 Å². The number of benzene rings is 2. The predicted octanol–water partition coefficient (Wildman–Crippen LogP) is 3.80. The van der Waals surface area contributed by atoms with Crippen molar-refractivity contribution < 1.29 is 17.9 Å². The Morgan fingerprint density at radius 3 is 2.44 bits per heavy atom. The van der Waals surface area contributed by atoms with E-state index >= 15 is 0 Å². The summed E-state index contributed by atoms with van der Waals surface area (Å²) in [4.78, 5) is 12.4. The van der Waals surface area contributed by atoms with Crippen LogP contribution in [0, 0.1) is 0 Å². The minimum Gasteiger partial charge on any atom is -0.455 e. The summed E-state index contributed by atoms with van der Waals surface area (Å²) < 4.78 is 31.9. The Morgan fingerprint density at radius 1 is 1.04 bits per heavy atom. The van der Waals surface area contributed by atoms with Crippen molar-refractivity contribution in [2.45, 2.75) is 4.21 Å². The van der Waals surface area contributed by atoms with E-state index < -0.39 is 15.9 Å². The Bertz CT molecular complexity index is 1000. The lowest BCUT2D eigenvalue weighted by atomic mass is 10.3. The van der Waals surface area contributed by atoms with Crippen LogP contribution in [0.2, 0.25) is 0 Å². The van der Waals surface area contributed by atoms with Crippen molar-refractivity contribution in [1.29, 1.82) is 0 Å². The highest BCUT2D eigenvalue weighted by atomic mass is 32.2. The van der Waals surface area contributed by atoms with Gasteiger partial charge in [0.1, 0.15) is 9.96 Å². The number of para-hydroxylation sites is 3. The molecule has 0 bridgehead atoms. The van der Waals surface area contributed by atoms with Gasteiger partial charge in [-0.05, 0) is 35.7 Å². The fourth-order valence-electron chi connectivity index (χ4n) is 2.32. The quantitative estimate of drug-likeness (QED) is 0.652. The van der Waals surface area contributed by atoms with Gasteiger partial charge in [0, 0.05) is 7.05 Å². The molecule has 0 atom stereocenters. The first-order valence-electron chi connectivity index (χ1n) is 8.08. The van der Waals surface area contributed by atoms with E-state index in [1.165, 1.54) is 13.1 Å². The lowest BCUT2D eigenvalue weighted by molar-refractivity contribution is -0.116. The van der Waals surface area contributed by atoms with Crippen molar-refractivity contribution in [3.63, 3.8) is 0 Å². The molecule has 0 spiro atoms. The van der Waals surface area contributed by atoms with E-state index in [1.807, 2.05) is 18.2 Å². The second-order valence-corrected chi connectivity index (χ2v) is 8.87. The van der Waals surface area contributed by atoms with E-state index in [0.717, 1.165) is 15.6 Å². The molecule has 8 heteroatoms. The third-order valence-electron chi connectivity index (χ3n) is 3.66. The van der Waals surface area contributed by atoms with Crippen LogP contribution in [0.25, 0.3) is 0 Å². The zero-order valence-corrected chi connectivity index (χ0v) is 16.2. The first kappa shape index (κ1) is 19.1. The summed E-state index contributed by atoms with van der Waals surface area (Å²) in [5.41, 5.74) is 0.466. The molecule has 27 heavy (non-hydrogen) atoms. The number of ether oxygens (including phenoxy) is 1. The Labute approximate surface area is 162 Å². The van der Waals surface area contributed by atoms with Gasteiger partial charge in [0.2, 0.25) is 5.91 Å². The molecule has 0 saturated carbocycles. The highest BCUT2D eigenvalue weighted by molar-refractivity contribution is 7.91. The minimum atomic E-state index is -3.68. The Kier molecular flexibility index (Phi) is 5.90. The van der Waals surface area contributed by atoms with Crippen LogP contribution < -0.4 is 10.1 Å². The standard InChI is InChI=1S/C19H18N2O4S2/c1-21(27(23,24)19-12-7-13-26-19)14-18(22)20-16-10-5-6-11-17(16)25-15-8-3-2-4-9-15/h2-13H,14H2,1H3,(H,20,22). The lowest BCUT2D eigenvalue weighted by Crippen LogP contribution is -2.34. The second-order valence-electron chi connectivity index (χ2n) is 5.65. The molecule has 0 radical (unpaired) electrons. The maximum atomic E-state index is 12.4. The second kappa shape index (κ2) is 8.34. The number of anilines is 1. The molecule has 3 rings (SSSR count). The number of amides is 1. The number of hydrogen-bond donors (Lipinski definition) is 1. The summed E-state index contributed by atoms with van der Waals surface area (Å²) in [6.45, 7) is -0.306. The number of carbonyl (C=O) groups is 1. The van der Waals surface area contributed by atoms with Gasteiger partial charge >= 0.3 is 0 Å². The topological polar surface area (TPSA) is 75.7 Å². The summed E-state index contributed by atoms with van der Waals surface area (Å²) in [6.07, 6.45) is 0. The van der Waals surface area contributed by atoms with Crippen molar-refractivity contribution in [1.82, 2.24) is 4.31 Å². The molecule has 0 unspecified atom stereocenters. The van der Waals surface area contributed by atoms with Crippen LogP contribution in [-0.4, -0.2) is 32.2 Å². The zero-order valence-electron chi connectivity index (χ0n) is 14.5. The number of nitrogens with one attached hydrogen (secondary N) is 1. The van der Waals surface area contributed by atoms with Gasteiger partial charge in [-0.1, -0.05) is 36.4 Å². The van der Waals surface area contributed by atoms with Crippen LogP contribution in [-0.2, 0) is 14.8 Å². The molecule has 6 nitrogen and oxygen atoms in total. The fourth-order valence-corrected chi connectivity index (χ4v) is 4.64. The summed E-state index contributed by atoms with van der Waals surface area (Å²) in [5.74, 6) is 0.652. The van der Waals surface area contributed by atoms with Crippen LogP contribution >= 0.6 is 11.3 Å². The first-order valence-corrected chi connectivity index (χ1v) is 10.4. The van der Waals surface area contributed by atoms with Gasteiger partial charge in [0.15, 0.2) is 5.75 Å². The third-order valence-corrected chi connectivity index (χ3v) is 6.83. The van der Waals surface area contributed by atoms with Gasteiger partial charge in [-0.15, -0.1) is 11.3 Å². The van der Waals surface area contributed by atoms with E-state index in [0.29, 0.717) is 17.2 Å². The van der Waals surface area contributed by atoms with E-state index in [2.05, 4.69) is 5.32 Å². The van der Waals surface area contributed by atoms with Crippen molar-refractivity contribution in [2.75, 3.05) is 18.9 Å². The number of rotatable bonds is 7. The maximum Gasteiger partial charge on any atom is 0.252 e. The third kappa shape index (κ3) is 4.73. The van der Waals surface area contributed by atoms with E-state index in [9.17, 15) is 13.2 Å². The van der Waals surface area contributed by atoms with Crippen molar-refractivity contribution in [3.05, 3.63) is 72.1 Å². The predicted molar refractivity (Wildman–Crippen MR) is 106 cm³/mol. The van der Waals surface area contributed by atoms with Gasteiger partial charge in [-0.3, -0.25) is 4.79 Å². The SMILES string of the molecule is CN(CC(=O)Nc1ccccc1Oc1ccccc1)S(=O)(=O)c1cccs1. The largest absolute Gasteiger partial charge is 0.455 e. The molecule has 1 heterocycles. The molecular formula is C19H18N2O4S2. The molecular weight excluding hydrogens is 384 g/mol. The Morgan fingerprint density at radius 2 is 1.74 bits per heavy atom. The molecule has 0 fully saturated rings. The highest BCUT2D eigenvalue weighted by Crippen LogP contribution is 2.29. The number of carbonyl (C=O) groups excluding carboxylic acids is 1. The highest BCUT2D eigenvalue weighted by Gasteiger charge is 2.24. The van der Waals surface area contributed by atoms with Gasteiger partial charge in [-0.2, -0.15) is 4.31 Å². The molecule has 1 amide bonds. The van der Waals surface area contributed by atoms with Gasteiger partial charge < -0.3 is 10.1 Å². The summed E-state index contributed by atoms with van der Waals surface area (Å²) >= 11 is 1.11. The molecule has 0 aliphatic heterocycles. The summed E-state index contributed by atoms with van der Waals surface area (Å²) in [7, 11) is -2.31. The molecule has 1 N–H and O–H groups in total. The monoisotopic (exact) mass is 402 g/mol. The zero-order chi connectivity index (χ0) is 19.3. The fraction of sp³-hybridized carbons (Fsp3) is 0.105. The van der Waals surface area contributed by atoms with Crippen molar-refractivity contribution in [2.24, 2.45) is 0 Å². The molecule has 140 valence electrons. The number of hydrogen-bond acceptors (Lipinski definition) is 5. The van der Waals surface area contributed by atoms with Crippen LogP contribution in [0.5, 0.6) is 11.5 Å². The van der Waals surface area contributed by atoms with Crippen LogP contribution in [0.3, 0.4) is 0 Å². The van der Waals surface area contributed by atoms with Gasteiger partial charge in [-0.25, -0.2) is 8.42 Å². The van der Waals surface area contributed by atoms with Crippen molar-refractivity contribution >= 4 is 33.0 Å². The lowest BCUT2D eigenvalue weighted by Gasteiger charge is -2.17. The molecule has 3 aromatic rings. The molecule has 2 aromatic carbocycles. The minimum absolute atomic E-state index is 0.200. The van der Waals surface area contributed by atoms with Crippen LogP contribution in [0.15, 0.2) is 76.3 Å². The van der Waals surface area contributed by atoms with Gasteiger partial charge in [0.25, 0.3) is 10.0 Å². The normalized spacial score (nSPS) is 11.3. The summed E-state index contributed by atoms with van der Waals surface area (Å²) in [6, 6.07) is 19.3. The number of thiophene rings is 1. The average Bonchev–Trinajstić information content (AvgIpc) is 3.19. The summed E-state index contributed by atoms with van der Waals surface area (Å²) in [5, 5.41) is 4.39. The Balaban J connectivity index is 1.70. The number of nitrogens with zero attached hydrogens (tertiary/aromatic N) is 1. The van der Waals surface area contributed by atoms with Crippen molar-refractivity contribution in [3.8, 4) is 11.5 Å². The first-order chi connectivity index (χ1) is 13.0. The van der Waals surface area contributed by atoms with Crippen LogP contribution in [0.4, 0.5) is 5.69 Å². The number of likely N-dealkylation sites (N-methyl/N-ethyl adjacent to an activating group) is 1. The molecule has 0 aliphatic carbocycles. The molecule has 0 aliphatic rings. The molecule has 0 saturated heterocycles. The smallest absolute Gasteiger partial charge is 0.252 e. The van der Waals surface area contributed by atoms with E-state index in [1.54, 1.807) is 47.8 Å². The molecule has 1 aromatic heterocycles. The Hall–Kier alpha value is -2.68. The van der Waals surface area contributed by atoms with E-state index in [4.69, 9.17) is 4.74 Å². The van der Waals surface area contributed by atoms with Gasteiger partial charge in [0.05, 0.1) is 12.2 Å². The number of sulfonamides is 1.